The summed E-state index contributed by atoms with van der Waals surface area (Å²) in [6, 6.07) is 17.3. The zero-order valence-corrected chi connectivity index (χ0v) is 16.7. The molecule has 0 saturated carbocycles. The summed E-state index contributed by atoms with van der Waals surface area (Å²) in [5, 5.41) is 5.43. The molecule has 6 nitrogen and oxygen atoms in total. The Bertz CT molecular complexity index is 1030. The number of carbonyl (C=O) groups is 1. The van der Waals surface area contributed by atoms with Gasteiger partial charge in [-0.25, -0.2) is 4.68 Å². The van der Waals surface area contributed by atoms with Crippen LogP contribution in [-0.2, 0) is 20.8 Å². The number of aromatic nitrogens is 2. The predicted octanol–water partition coefficient (Wildman–Crippen LogP) is 4.04. The van der Waals surface area contributed by atoms with Gasteiger partial charge in [0, 0.05) is 35.9 Å². The van der Waals surface area contributed by atoms with E-state index < -0.39 is 0 Å². The zero-order chi connectivity index (χ0) is 20.2. The summed E-state index contributed by atoms with van der Waals surface area (Å²) in [5.74, 6) is -0.0264. The number of carbonyl (C=O) groups excluding carboxylic acids is 1. The van der Waals surface area contributed by atoms with E-state index in [9.17, 15) is 4.79 Å². The Kier molecular flexibility index (Phi) is 5.53. The maximum absolute atomic E-state index is 12.7. The first kappa shape index (κ1) is 19.1. The lowest BCUT2D eigenvalue weighted by Gasteiger charge is -2.21. The Hall–Kier alpha value is -3.25. The molecule has 148 valence electrons. The van der Waals surface area contributed by atoms with Gasteiger partial charge < -0.3 is 14.4 Å². The molecule has 1 aromatic heterocycles. The van der Waals surface area contributed by atoms with E-state index in [4.69, 9.17) is 26.2 Å². The number of para-hydroxylation sites is 1. The molecule has 0 atom stereocenters. The van der Waals surface area contributed by atoms with Gasteiger partial charge in [-0.1, -0.05) is 41.9 Å². The van der Waals surface area contributed by atoms with Crippen molar-refractivity contribution in [2.75, 3.05) is 20.3 Å². The first-order chi connectivity index (χ1) is 14.1. The Morgan fingerprint density at radius 3 is 2.59 bits per heavy atom. The normalized spacial score (nSPS) is 13.2. The fourth-order valence-electron chi connectivity index (χ4n) is 3.09. The zero-order valence-electron chi connectivity index (χ0n) is 15.9. The van der Waals surface area contributed by atoms with Gasteiger partial charge in [-0.2, -0.15) is 5.10 Å². The van der Waals surface area contributed by atoms with E-state index in [0.29, 0.717) is 24.8 Å². The molecule has 3 aromatic rings. The van der Waals surface area contributed by atoms with E-state index in [-0.39, 0.29) is 11.7 Å². The lowest BCUT2D eigenvalue weighted by molar-refractivity contribution is -0.131. The van der Waals surface area contributed by atoms with Crippen LogP contribution in [0.3, 0.4) is 0 Å². The van der Waals surface area contributed by atoms with Gasteiger partial charge in [0.25, 0.3) is 5.91 Å². The molecule has 0 aliphatic carbocycles. The number of nitrogens with zero attached hydrogens (tertiary/aromatic N) is 3. The third kappa shape index (κ3) is 4.27. The minimum atomic E-state index is -0.237. The molecule has 7 heteroatoms. The molecule has 0 unspecified atom stereocenters. The number of rotatable bonds is 5. The van der Waals surface area contributed by atoms with Crippen molar-refractivity contribution < 1.29 is 14.3 Å². The van der Waals surface area contributed by atoms with Crippen molar-refractivity contribution in [1.29, 1.82) is 0 Å². The van der Waals surface area contributed by atoms with Crippen LogP contribution < -0.4 is 0 Å². The Morgan fingerprint density at radius 1 is 1.14 bits per heavy atom. The Labute approximate surface area is 173 Å². The molecule has 1 aliphatic rings. The first-order valence-electron chi connectivity index (χ1n) is 9.22. The van der Waals surface area contributed by atoms with E-state index in [2.05, 4.69) is 0 Å². The highest BCUT2D eigenvalue weighted by molar-refractivity contribution is 6.30. The average Bonchev–Trinajstić information content (AvgIpc) is 3.18. The number of benzene rings is 2. The highest BCUT2D eigenvalue weighted by Gasteiger charge is 2.22. The van der Waals surface area contributed by atoms with Crippen molar-refractivity contribution in [2.24, 2.45) is 0 Å². The van der Waals surface area contributed by atoms with Gasteiger partial charge in [0.15, 0.2) is 0 Å². The molecule has 0 fully saturated rings. The lowest BCUT2D eigenvalue weighted by atomic mass is 10.1. The second-order valence-corrected chi connectivity index (χ2v) is 7.09. The van der Waals surface area contributed by atoms with E-state index in [1.165, 1.54) is 6.26 Å². The van der Waals surface area contributed by atoms with Crippen molar-refractivity contribution in [2.45, 2.75) is 6.54 Å². The number of likely N-dealkylation sites (N-methyl/N-ethyl adjacent to an activating group) is 1. The molecule has 2 aromatic carbocycles. The first-order valence-corrected chi connectivity index (χ1v) is 9.59. The summed E-state index contributed by atoms with van der Waals surface area (Å²) in [7, 11) is 1.73. The standard InChI is InChI=1S/C22H20ClN3O3/c1-25(22(27)20-15-28-11-12-29-20)13-17-14-26(19-5-3-2-4-6-19)24-21(17)16-7-9-18(23)10-8-16/h2-10,14-15H,11-13H2,1H3. The molecule has 0 bridgehead atoms. The van der Waals surface area contributed by atoms with E-state index in [1.807, 2.05) is 65.5 Å². The van der Waals surface area contributed by atoms with Gasteiger partial charge in [-0.05, 0) is 24.3 Å². The van der Waals surface area contributed by atoms with Gasteiger partial charge in [-0.15, -0.1) is 0 Å². The van der Waals surface area contributed by atoms with Crippen LogP contribution in [0, 0.1) is 0 Å². The Morgan fingerprint density at radius 2 is 1.90 bits per heavy atom. The van der Waals surface area contributed by atoms with Crippen molar-refractivity contribution >= 4 is 17.5 Å². The number of halogens is 1. The monoisotopic (exact) mass is 409 g/mol. The fourth-order valence-corrected chi connectivity index (χ4v) is 3.21. The highest BCUT2D eigenvalue weighted by atomic mass is 35.5. The molecule has 2 heterocycles. The number of ether oxygens (including phenoxy) is 2. The maximum Gasteiger partial charge on any atom is 0.292 e. The second-order valence-electron chi connectivity index (χ2n) is 6.65. The van der Waals surface area contributed by atoms with Crippen LogP contribution in [0.4, 0.5) is 0 Å². The number of amides is 1. The molecule has 1 amide bonds. The maximum atomic E-state index is 12.7. The summed E-state index contributed by atoms with van der Waals surface area (Å²) in [6.45, 7) is 1.18. The predicted molar refractivity (Wildman–Crippen MR) is 110 cm³/mol. The smallest absolute Gasteiger partial charge is 0.292 e. The minimum Gasteiger partial charge on any atom is -0.494 e. The fraction of sp³-hybridized carbons (Fsp3) is 0.182. The lowest BCUT2D eigenvalue weighted by Crippen LogP contribution is -2.30. The average molecular weight is 410 g/mol. The Balaban J connectivity index is 1.67. The van der Waals surface area contributed by atoms with E-state index in [1.54, 1.807) is 11.9 Å². The third-order valence-electron chi connectivity index (χ3n) is 4.54. The molecule has 0 saturated heterocycles. The quantitative estimate of drug-likeness (QED) is 0.638. The van der Waals surface area contributed by atoms with Gasteiger partial charge >= 0.3 is 0 Å². The van der Waals surface area contributed by atoms with Crippen LogP contribution in [0.2, 0.25) is 5.02 Å². The number of hydrogen-bond donors (Lipinski definition) is 0. The molecule has 0 N–H and O–H groups in total. The summed E-state index contributed by atoms with van der Waals surface area (Å²) < 4.78 is 12.4. The van der Waals surface area contributed by atoms with Crippen molar-refractivity contribution in [3.05, 3.63) is 83.4 Å². The second kappa shape index (κ2) is 8.41. The van der Waals surface area contributed by atoms with Crippen LogP contribution in [0.15, 0.2) is 72.8 Å². The van der Waals surface area contributed by atoms with Crippen molar-refractivity contribution in [1.82, 2.24) is 14.7 Å². The molecular formula is C22H20ClN3O3. The molecule has 0 radical (unpaired) electrons. The van der Waals surface area contributed by atoms with Gasteiger partial charge in [0.05, 0.1) is 11.4 Å². The molecule has 29 heavy (non-hydrogen) atoms. The van der Waals surface area contributed by atoms with Crippen LogP contribution >= 0.6 is 11.6 Å². The summed E-state index contributed by atoms with van der Waals surface area (Å²) in [6.07, 6.45) is 3.31. The molecule has 4 rings (SSSR count). The van der Waals surface area contributed by atoms with Gasteiger partial charge in [-0.3, -0.25) is 4.79 Å². The van der Waals surface area contributed by atoms with Crippen LogP contribution in [0.25, 0.3) is 16.9 Å². The van der Waals surface area contributed by atoms with E-state index >= 15 is 0 Å². The topological polar surface area (TPSA) is 56.6 Å². The summed E-state index contributed by atoms with van der Waals surface area (Å²) in [5.41, 5.74) is 3.57. The minimum absolute atomic E-state index is 0.210. The number of hydrogen-bond acceptors (Lipinski definition) is 4. The summed E-state index contributed by atoms with van der Waals surface area (Å²) >= 11 is 6.04. The largest absolute Gasteiger partial charge is 0.494 e. The van der Waals surface area contributed by atoms with E-state index in [0.717, 1.165) is 22.5 Å². The van der Waals surface area contributed by atoms with Crippen molar-refractivity contribution in [3.63, 3.8) is 0 Å². The van der Waals surface area contributed by atoms with Crippen LogP contribution in [0.5, 0.6) is 0 Å². The SMILES string of the molecule is CN(Cc1cn(-c2ccccc2)nc1-c1ccc(Cl)cc1)C(=O)C1=COCCO1. The molecule has 0 spiro atoms. The van der Waals surface area contributed by atoms with Crippen molar-refractivity contribution in [3.8, 4) is 16.9 Å². The third-order valence-corrected chi connectivity index (χ3v) is 4.79. The summed E-state index contributed by atoms with van der Waals surface area (Å²) in [4.78, 5) is 14.3. The van der Waals surface area contributed by atoms with Crippen LogP contribution in [0.1, 0.15) is 5.56 Å². The highest BCUT2D eigenvalue weighted by Crippen LogP contribution is 2.26. The molecular weight excluding hydrogens is 390 g/mol. The molecule has 1 aliphatic heterocycles. The van der Waals surface area contributed by atoms with Crippen LogP contribution in [-0.4, -0.2) is 40.8 Å². The van der Waals surface area contributed by atoms with Gasteiger partial charge in [0.2, 0.25) is 5.76 Å². The van der Waals surface area contributed by atoms with Gasteiger partial charge in [0.1, 0.15) is 19.5 Å².